The molecule has 1 heterocycles. The molecule has 0 aromatic heterocycles. The molecular formula is C15H22FN3O2. The van der Waals surface area contributed by atoms with E-state index in [-0.39, 0.29) is 5.69 Å². The van der Waals surface area contributed by atoms with Crippen LogP contribution in [0, 0.1) is 15.9 Å². The zero-order valence-electron chi connectivity index (χ0n) is 12.3. The van der Waals surface area contributed by atoms with E-state index in [9.17, 15) is 14.5 Å². The minimum atomic E-state index is -0.433. The van der Waals surface area contributed by atoms with Crippen molar-refractivity contribution in [3.8, 4) is 0 Å². The molecule has 5 nitrogen and oxygen atoms in total. The van der Waals surface area contributed by atoms with Gasteiger partial charge in [0, 0.05) is 30.8 Å². The highest BCUT2D eigenvalue weighted by Crippen LogP contribution is 2.25. The largest absolute Gasteiger partial charge is 0.315 e. The smallest absolute Gasteiger partial charge is 0.274 e. The van der Waals surface area contributed by atoms with E-state index >= 15 is 0 Å². The molecule has 2 rings (SSSR count). The Morgan fingerprint density at radius 2 is 2.29 bits per heavy atom. The summed E-state index contributed by atoms with van der Waals surface area (Å²) in [5.41, 5.74) is 0.465. The van der Waals surface area contributed by atoms with Gasteiger partial charge in [-0.3, -0.25) is 15.0 Å². The van der Waals surface area contributed by atoms with Crippen LogP contribution in [0.1, 0.15) is 31.7 Å². The Bertz CT molecular complexity index is 496. The fraction of sp³-hybridized carbons (Fsp3) is 0.600. The highest BCUT2D eigenvalue weighted by Gasteiger charge is 2.25. The summed E-state index contributed by atoms with van der Waals surface area (Å²) in [4.78, 5) is 12.9. The zero-order chi connectivity index (χ0) is 15.2. The van der Waals surface area contributed by atoms with Crippen molar-refractivity contribution in [3.63, 3.8) is 0 Å². The summed E-state index contributed by atoms with van der Waals surface area (Å²) in [5, 5.41) is 14.4. The van der Waals surface area contributed by atoms with Gasteiger partial charge in [-0.1, -0.05) is 13.3 Å². The Morgan fingerprint density at radius 1 is 1.48 bits per heavy atom. The number of piperidine rings is 1. The van der Waals surface area contributed by atoms with Crippen LogP contribution in [0.4, 0.5) is 10.1 Å². The highest BCUT2D eigenvalue weighted by atomic mass is 19.1. The Labute approximate surface area is 124 Å². The second-order valence-electron chi connectivity index (χ2n) is 5.46. The van der Waals surface area contributed by atoms with Crippen LogP contribution >= 0.6 is 0 Å². The van der Waals surface area contributed by atoms with Crippen LogP contribution in [0.3, 0.4) is 0 Å². The number of nitro groups is 1. The van der Waals surface area contributed by atoms with Crippen LogP contribution in [0.15, 0.2) is 18.2 Å². The van der Waals surface area contributed by atoms with Crippen molar-refractivity contribution in [2.24, 2.45) is 0 Å². The van der Waals surface area contributed by atoms with Crippen LogP contribution in [0.25, 0.3) is 0 Å². The third kappa shape index (κ3) is 4.22. The number of benzene rings is 1. The Morgan fingerprint density at radius 3 is 3.00 bits per heavy atom. The van der Waals surface area contributed by atoms with Gasteiger partial charge in [-0.25, -0.2) is 4.39 Å². The Balaban J connectivity index is 2.14. The van der Waals surface area contributed by atoms with Gasteiger partial charge in [-0.05, 0) is 38.1 Å². The average molecular weight is 295 g/mol. The van der Waals surface area contributed by atoms with E-state index in [4.69, 9.17) is 0 Å². The molecule has 116 valence electrons. The minimum absolute atomic E-state index is 0.00386. The van der Waals surface area contributed by atoms with E-state index in [1.165, 1.54) is 18.6 Å². The van der Waals surface area contributed by atoms with Crippen LogP contribution in [-0.4, -0.2) is 35.5 Å². The highest BCUT2D eigenvalue weighted by molar-refractivity contribution is 5.40. The Hall–Kier alpha value is -1.53. The predicted molar refractivity (Wildman–Crippen MR) is 79.6 cm³/mol. The molecule has 1 aromatic carbocycles. The summed E-state index contributed by atoms with van der Waals surface area (Å²) in [5.74, 6) is -0.421. The van der Waals surface area contributed by atoms with Crippen molar-refractivity contribution in [1.29, 1.82) is 0 Å². The summed E-state index contributed by atoms with van der Waals surface area (Å²) in [6, 6.07) is 4.06. The van der Waals surface area contributed by atoms with Crippen molar-refractivity contribution in [3.05, 3.63) is 39.7 Å². The first-order valence-corrected chi connectivity index (χ1v) is 7.49. The number of nitrogens with zero attached hydrogens (tertiary/aromatic N) is 2. The molecule has 1 N–H and O–H groups in total. The molecule has 1 aliphatic heterocycles. The molecule has 0 radical (unpaired) electrons. The van der Waals surface area contributed by atoms with Crippen molar-refractivity contribution in [2.45, 2.75) is 38.8 Å². The summed E-state index contributed by atoms with van der Waals surface area (Å²) in [6.07, 6.45) is 3.35. The molecule has 1 atom stereocenters. The molecule has 21 heavy (non-hydrogen) atoms. The molecule has 0 bridgehead atoms. The van der Waals surface area contributed by atoms with Gasteiger partial charge in [0.25, 0.3) is 5.69 Å². The van der Waals surface area contributed by atoms with Gasteiger partial charge in [0.15, 0.2) is 0 Å². The van der Waals surface area contributed by atoms with Gasteiger partial charge in [0.1, 0.15) is 5.82 Å². The monoisotopic (exact) mass is 295 g/mol. The summed E-state index contributed by atoms with van der Waals surface area (Å²) in [6.45, 7) is 5.18. The lowest BCUT2D eigenvalue weighted by Gasteiger charge is -2.35. The SMILES string of the molecule is CCNCC1CCCCN1Cc1cc(F)ccc1[N+](=O)[O-]. The van der Waals surface area contributed by atoms with Gasteiger partial charge in [0.05, 0.1) is 4.92 Å². The van der Waals surface area contributed by atoms with Gasteiger partial charge in [-0.15, -0.1) is 0 Å². The molecule has 1 saturated heterocycles. The molecule has 0 aliphatic carbocycles. The number of nitrogens with one attached hydrogen (secondary N) is 1. The van der Waals surface area contributed by atoms with Gasteiger partial charge < -0.3 is 5.32 Å². The number of hydrogen-bond donors (Lipinski definition) is 1. The summed E-state index contributed by atoms with van der Waals surface area (Å²) < 4.78 is 13.4. The number of rotatable bonds is 6. The third-order valence-corrected chi connectivity index (χ3v) is 3.99. The second-order valence-corrected chi connectivity index (χ2v) is 5.46. The lowest BCUT2D eigenvalue weighted by molar-refractivity contribution is -0.385. The fourth-order valence-electron chi connectivity index (χ4n) is 2.89. The zero-order valence-corrected chi connectivity index (χ0v) is 12.3. The quantitative estimate of drug-likeness (QED) is 0.647. The summed E-state index contributed by atoms with van der Waals surface area (Å²) >= 11 is 0. The van der Waals surface area contributed by atoms with Crippen LogP contribution in [0.5, 0.6) is 0 Å². The maximum Gasteiger partial charge on any atom is 0.274 e. The third-order valence-electron chi connectivity index (χ3n) is 3.99. The molecule has 0 spiro atoms. The topological polar surface area (TPSA) is 58.4 Å². The van der Waals surface area contributed by atoms with E-state index in [0.717, 1.165) is 38.5 Å². The number of likely N-dealkylation sites (N-methyl/N-ethyl adjacent to an activating group) is 1. The van der Waals surface area contributed by atoms with Crippen LogP contribution < -0.4 is 5.32 Å². The number of halogens is 1. The lowest BCUT2D eigenvalue weighted by atomic mass is 10.0. The first-order chi connectivity index (χ1) is 10.1. The maximum absolute atomic E-state index is 13.4. The second kappa shape index (κ2) is 7.47. The minimum Gasteiger partial charge on any atom is -0.315 e. The van der Waals surface area contributed by atoms with Crippen molar-refractivity contribution < 1.29 is 9.31 Å². The molecule has 0 saturated carbocycles. The molecular weight excluding hydrogens is 273 g/mol. The van der Waals surface area contributed by atoms with Crippen molar-refractivity contribution in [2.75, 3.05) is 19.6 Å². The van der Waals surface area contributed by atoms with E-state index in [1.54, 1.807) is 0 Å². The van der Waals surface area contributed by atoms with E-state index in [2.05, 4.69) is 17.1 Å². The summed E-state index contributed by atoms with van der Waals surface area (Å²) in [7, 11) is 0. The van der Waals surface area contributed by atoms with Crippen LogP contribution in [-0.2, 0) is 6.54 Å². The van der Waals surface area contributed by atoms with Gasteiger partial charge >= 0.3 is 0 Å². The van der Waals surface area contributed by atoms with Crippen molar-refractivity contribution >= 4 is 5.69 Å². The number of hydrogen-bond acceptors (Lipinski definition) is 4. The number of nitro benzene ring substituents is 1. The fourth-order valence-corrected chi connectivity index (χ4v) is 2.89. The maximum atomic E-state index is 13.4. The first kappa shape index (κ1) is 15.9. The molecule has 1 unspecified atom stereocenters. The van der Waals surface area contributed by atoms with E-state index < -0.39 is 10.7 Å². The van der Waals surface area contributed by atoms with Gasteiger partial charge in [0.2, 0.25) is 0 Å². The van der Waals surface area contributed by atoms with Crippen LogP contribution in [0.2, 0.25) is 0 Å². The number of likely N-dealkylation sites (tertiary alicyclic amines) is 1. The normalized spacial score (nSPS) is 19.6. The molecule has 1 fully saturated rings. The molecule has 6 heteroatoms. The molecule has 0 amide bonds. The van der Waals surface area contributed by atoms with Gasteiger partial charge in [-0.2, -0.15) is 0 Å². The lowest BCUT2D eigenvalue weighted by Crippen LogP contribution is -2.45. The van der Waals surface area contributed by atoms with Crippen molar-refractivity contribution in [1.82, 2.24) is 10.2 Å². The van der Waals surface area contributed by atoms with E-state index in [0.29, 0.717) is 18.2 Å². The predicted octanol–water partition coefficient (Wildman–Crippen LogP) is 2.70. The standard InChI is InChI=1S/C15H22FN3O2/c1-2-17-10-14-5-3-4-8-18(14)11-12-9-13(16)6-7-15(12)19(20)21/h6-7,9,14,17H,2-5,8,10-11H2,1H3. The Kier molecular flexibility index (Phi) is 5.64. The van der Waals surface area contributed by atoms with E-state index in [1.807, 2.05) is 0 Å². The molecule has 1 aliphatic rings. The average Bonchev–Trinajstić information content (AvgIpc) is 2.46. The first-order valence-electron chi connectivity index (χ1n) is 7.49. The molecule has 1 aromatic rings.